The predicted molar refractivity (Wildman–Crippen MR) is 133 cm³/mol. The van der Waals surface area contributed by atoms with E-state index >= 15 is 0 Å². The maximum atomic E-state index is 12.8. The number of nitrogens with one attached hydrogen (secondary N) is 2. The summed E-state index contributed by atoms with van der Waals surface area (Å²) in [5, 5.41) is 4.00. The van der Waals surface area contributed by atoms with Gasteiger partial charge in [0.25, 0.3) is 5.91 Å². The van der Waals surface area contributed by atoms with Crippen LogP contribution in [0.25, 0.3) is 10.1 Å². The van der Waals surface area contributed by atoms with Crippen LogP contribution in [0.1, 0.15) is 9.67 Å². The highest BCUT2D eigenvalue weighted by Crippen LogP contribution is 2.32. The van der Waals surface area contributed by atoms with E-state index < -0.39 is 10.0 Å². The number of hydrogen-bond acceptors (Lipinski definition) is 6. The molecular weight excluding hydrogens is 484 g/mol. The van der Waals surface area contributed by atoms with Gasteiger partial charge in [-0.25, -0.2) is 8.42 Å². The standard InChI is InChI=1S/C23H19ClN2O5S2/c1-30-18-4-6-19(7-5-18)31-20-12-15(24)11-17(13-20)25-23(27)22-10-14-9-16(26-33(2,28)29)3-8-21(14)32-22/h3-13,26H,1-2H3,(H,25,27). The SMILES string of the molecule is COc1ccc(Oc2cc(Cl)cc(NC(=O)c3cc4cc(NS(C)(=O)=O)ccc4s3)c2)cc1. The van der Waals surface area contributed by atoms with E-state index in [0.29, 0.717) is 38.5 Å². The van der Waals surface area contributed by atoms with Crippen LogP contribution in [0.3, 0.4) is 0 Å². The Hall–Kier alpha value is -3.27. The zero-order valence-corrected chi connectivity index (χ0v) is 20.0. The van der Waals surface area contributed by atoms with Gasteiger partial charge in [-0.1, -0.05) is 11.6 Å². The van der Waals surface area contributed by atoms with Crippen LogP contribution >= 0.6 is 22.9 Å². The number of anilines is 2. The van der Waals surface area contributed by atoms with E-state index in [2.05, 4.69) is 10.0 Å². The topological polar surface area (TPSA) is 93.7 Å². The molecule has 4 aromatic rings. The minimum atomic E-state index is -3.39. The van der Waals surface area contributed by atoms with E-state index in [-0.39, 0.29) is 5.91 Å². The molecule has 3 aromatic carbocycles. The Kier molecular flexibility index (Phi) is 6.46. The van der Waals surface area contributed by atoms with Gasteiger partial charge < -0.3 is 14.8 Å². The van der Waals surface area contributed by atoms with Crippen molar-refractivity contribution in [3.05, 3.63) is 76.6 Å². The second-order valence-electron chi connectivity index (χ2n) is 7.14. The van der Waals surface area contributed by atoms with Crippen molar-refractivity contribution in [3.63, 3.8) is 0 Å². The lowest BCUT2D eigenvalue weighted by atomic mass is 10.2. The lowest BCUT2D eigenvalue weighted by Crippen LogP contribution is -2.10. The molecule has 1 amide bonds. The highest BCUT2D eigenvalue weighted by molar-refractivity contribution is 7.92. The van der Waals surface area contributed by atoms with Crippen LogP contribution in [0.15, 0.2) is 66.7 Å². The van der Waals surface area contributed by atoms with Crippen LogP contribution in [0.5, 0.6) is 17.2 Å². The number of carbonyl (C=O) groups excluding carboxylic acids is 1. The van der Waals surface area contributed by atoms with Crippen molar-refractivity contribution in [2.45, 2.75) is 0 Å². The van der Waals surface area contributed by atoms with Gasteiger partial charge in [-0.05, 0) is 66.0 Å². The summed E-state index contributed by atoms with van der Waals surface area (Å²) in [4.78, 5) is 13.3. The smallest absolute Gasteiger partial charge is 0.265 e. The van der Waals surface area contributed by atoms with Gasteiger partial charge in [0, 0.05) is 27.2 Å². The first-order valence-corrected chi connectivity index (χ1v) is 12.7. The summed E-state index contributed by atoms with van der Waals surface area (Å²) in [6.45, 7) is 0. The fourth-order valence-electron chi connectivity index (χ4n) is 3.10. The van der Waals surface area contributed by atoms with Crippen LogP contribution in [0, 0.1) is 0 Å². The lowest BCUT2D eigenvalue weighted by molar-refractivity contribution is 0.103. The van der Waals surface area contributed by atoms with Gasteiger partial charge in [0.05, 0.1) is 18.2 Å². The number of ether oxygens (including phenoxy) is 2. The number of thiophene rings is 1. The summed E-state index contributed by atoms with van der Waals surface area (Å²) in [6, 6.07) is 18.9. The Labute approximate surface area is 200 Å². The molecule has 0 atom stereocenters. The average Bonchev–Trinajstić information content (AvgIpc) is 3.16. The molecule has 7 nitrogen and oxygen atoms in total. The van der Waals surface area contributed by atoms with Gasteiger partial charge in [-0.2, -0.15) is 0 Å². The highest BCUT2D eigenvalue weighted by Gasteiger charge is 2.13. The summed E-state index contributed by atoms with van der Waals surface area (Å²) < 4.78 is 37.2. The number of rotatable bonds is 7. The summed E-state index contributed by atoms with van der Waals surface area (Å²) in [7, 11) is -1.80. The van der Waals surface area contributed by atoms with E-state index in [1.165, 1.54) is 11.3 Å². The molecule has 0 fully saturated rings. The van der Waals surface area contributed by atoms with Gasteiger partial charge in [-0.3, -0.25) is 9.52 Å². The summed E-state index contributed by atoms with van der Waals surface area (Å²) >= 11 is 7.52. The van der Waals surface area contributed by atoms with Crippen LogP contribution in [-0.4, -0.2) is 27.7 Å². The molecule has 4 rings (SSSR count). The monoisotopic (exact) mass is 502 g/mol. The Morgan fingerprint density at radius 2 is 1.64 bits per heavy atom. The van der Waals surface area contributed by atoms with Gasteiger partial charge >= 0.3 is 0 Å². The van der Waals surface area contributed by atoms with Crippen molar-refractivity contribution < 1.29 is 22.7 Å². The minimum Gasteiger partial charge on any atom is -0.497 e. The first-order chi connectivity index (χ1) is 15.7. The number of amides is 1. The molecular formula is C23H19ClN2O5S2. The molecule has 0 radical (unpaired) electrons. The molecule has 1 aromatic heterocycles. The van der Waals surface area contributed by atoms with E-state index in [9.17, 15) is 13.2 Å². The fraction of sp³-hybridized carbons (Fsp3) is 0.0870. The molecule has 10 heteroatoms. The van der Waals surface area contributed by atoms with Gasteiger partial charge in [0.1, 0.15) is 17.2 Å². The van der Waals surface area contributed by atoms with Crippen LogP contribution < -0.4 is 19.5 Å². The van der Waals surface area contributed by atoms with Crippen LogP contribution in [-0.2, 0) is 10.0 Å². The Morgan fingerprint density at radius 1 is 0.909 bits per heavy atom. The first kappa shape index (κ1) is 22.9. The number of sulfonamides is 1. The Balaban J connectivity index is 1.52. The molecule has 0 bridgehead atoms. The summed E-state index contributed by atoms with van der Waals surface area (Å²) in [5.74, 6) is 1.46. The summed E-state index contributed by atoms with van der Waals surface area (Å²) in [5.41, 5.74) is 0.915. The molecule has 0 aliphatic heterocycles. The second kappa shape index (κ2) is 9.30. The molecule has 0 saturated heterocycles. The quantitative estimate of drug-likeness (QED) is 0.324. The lowest BCUT2D eigenvalue weighted by Gasteiger charge is -2.10. The third kappa shape index (κ3) is 5.95. The molecule has 1 heterocycles. The number of benzene rings is 3. The second-order valence-corrected chi connectivity index (χ2v) is 10.4. The van der Waals surface area contributed by atoms with Crippen molar-refractivity contribution in [1.82, 2.24) is 0 Å². The number of halogens is 1. The van der Waals surface area contributed by atoms with Crippen molar-refractivity contribution in [3.8, 4) is 17.2 Å². The molecule has 0 unspecified atom stereocenters. The molecule has 0 aliphatic carbocycles. The highest BCUT2D eigenvalue weighted by atomic mass is 35.5. The van der Waals surface area contributed by atoms with Crippen molar-refractivity contribution in [1.29, 1.82) is 0 Å². The van der Waals surface area contributed by atoms with Crippen molar-refractivity contribution in [2.75, 3.05) is 23.4 Å². The zero-order valence-electron chi connectivity index (χ0n) is 17.6. The van der Waals surface area contributed by atoms with E-state index in [1.54, 1.807) is 73.8 Å². The van der Waals surface area contributed by atoms with Crippen LogP contribution in [0.2, 0.25) is 5.02 Å². The first-order valence-electron chi connectivity index (χ1n) is 9.64. The largest absolute Gasteiger partial charge is 0.497 e. The fourth-order valence-corrected chi connectivity index (χ4v) is 4.82. The van der Waals surface area contributed by atoms with Crippen LogP contribution in [0.4, 0.5) is 11.4 Å². The van der Waals surface area contributed by atoms with Gasteiger partial charge in [-0.15, -0.1) is 11.3 Å². The maximum Gasteiger partial charge on any atom is 0.265 e. The van der Waals surface area contributed by atoms with Gasteiger partial charge in [0.15, 0.2) is 0 Å². The van der Waals surface area contributed by atoms with E-state index in [1.807, 2.05) is 0 Å². The molecule has 0 spiro atoms. The average molecular weight is 503 g/mol. The normalized spacial score (nSPS) is 11.2. The summed E-state index contributed by atoms with van der Waals surface area (Å²) in [6.07, 6.45) is 1.08. The predicted octanol–water partition coefficient (Wildman–Crippen LogP) is 5.98. The zero-order chi connectivity index (χ0) is 23.6. The minimum absolute atomic E-state index is 0.313. The number of fused-ring (bicyclic) bond motifs is 1. The number of carbonyl (C=O) groups is 1. The third-order valence-corrected chi connectivity index (χ3v) is 6.41. The molecule has 170 valence electrons. The molecule has 0 saturated carbocycles. The van der Waals surface area contributed by atoms with E-state index in [0.717, 1.165) is 16.3 Å². The number of hydrogen-bond donors (Lipinski definition) is 2. The number of methoxy groups -OCH3 is 1. The van der Waals surface area contributed by atoms with E-state index in [4.69, 9.17) is 21.1 Å². The van der Waals surface area contributed by atoms with Crippen molar-refractivity contribution >= 4 is 60.3 Å². The third-order valence-electron chi connectivity index (χ3n) is 4.47. The molecule has 2 N–H and O–H groups in total. The van der Waals surface area contributed by atoms with Crippen molar-refractivity contribution in [2.24, 2.45) is 0 Å². The maximum absolute atomic E-state index is 12.8. The van der Waals surface area contributed by atoms with Gasteiger partial charge in [0.2, 0.25) is 10.0 Å². The molecule has 0 aliphatic rings. The Bertz CT molecular complexity index is 1430. The molecule has 33 heavy (non-hydrogen) atoms. The Morgan fingerprint density at radius 3 is 2.33 bits per heavy atom.